The summed E-state index contributed by atoms with van der Waals surface area (Å²) in [4.78, 5) is 19.6. The van der Waals surface area contributed by atoms with Crippen molar-refractivity contribution < 1.29 is 4.79 Å². The van der Waals surface area contributed by atoms with Crippen molar-refractivity contribution in [2.45, 2.75) is 19.0 Å². The van der Waals surface area contributed by atoms with Crippen molar-refractivity contribution in [3.8, 4) is 6.07 Å². The smallest absolute Gasteiger partial charge is 0.241 e. The molecule has 2 heterocycles. The Labute approximate surface area is 129 Å². The van der Waals surface area contributed by atoms with Crippen LogP contribution >= 0.6 is 15.9 Å². The Morgan fingerprint density at radius 2 is 2.38 bits per heavy atom. The van der Waals surface area contributed by atoms with Crippen LogP contribution < -0.4 is 10.6 Å². The molecule has 3 N–H and O–H groups in total. The number of halogens is 1. The number of fused-ring (bicyclic) bond motifs is 1. The van der Waals surface area contributed by atoms with Gasteiger partial charge in [0.25, 0.3) is 0 Å². The number of aromatic nitrogens is 2. The fraction of sp³-hybridized carbons (Fsp3) is 0.214. The van der Waals surface area contributed by atoms with E-state index in [9.17, 15) is 4.79 Å². The molecule has 0 spiro atoms. The summed E-state index contributed by atoms with van der Waals surface area (Å²) in [6.07, 6.45) is 2.20. The molecule has 2 aromatic rings. The van der Waals surface area contributed by atoms with Gasteiger partial charge in [0.15, 0.2) is 0 Å². The van der Waals surface area contributed by atoms with Gasteiger partial charge in [0.1, 0.15) is 0 Å². The minimum Gasteiger partial charge on any atom is -0.347 e. The van der Waals surface area contributed by atoms with Gasteiger partial charge in [-0.1, -0.05) is 0 Å². The van der Waals surface area contributed by atoms with Crippen molar-refractivity contribution in [3.05, 3.63) is 46.0 Å². The second-order valence-corrected chi connectivity index (χ2v) is 5.62. The SMILES string of the molecule is N#Cc1ccc(NC(=O)C2Cc3nc[nH]c3CN2)c(Br)c1. The zero-order valence-corrected chi connectivity index (χ0v) is 12.6. The Bertz CT molecular complexity index is 733. The highest BCUT2D eigenvalue weighted by Crippen LogP contribution is 2.24. The van der Waals surface area contributed by atoms with Crippen LogP contribution in [0.25, 0.3) is 0 Å². The molecular formula is C14H12BrN5O. The topological polar surface area (TPSA) is 93.6 Å². The summed E-state index contributed by atoms with van der Waals surface area (Å²) < 4.78 is 0.686. The van der Waals surface area contributed by atoms with E-state index in [2.05, 4.69) is 42.6 Å². The summed E-state index contributed by atoms with van der Waals surface area (Å²) in [6.45, 7) is 0.599. The third kappa shape index (κ3) is 2.82. The third-order valence-electron chi connectivity index (χ3n) is 3.40. The van der Waals surface area contributed by atoms with E-state index in [-0.39, 0.29) is 11.9 Å². The summed E-state index contributed by atoms with van der Waals surface area (Å²) in [5.41, 5.74) is 3.14. The van der Waals surface area contributed by atoms with E-state index in [0.717, 1.165) is 11.4 Å². The first-order valence-corrected chi connectivity index (χ1v) is 7.21. The number of H-pyrrole nitrogens is 1. The van der Waals surface area contributed by atoms with E-state index in [0.29, 0.717) is 28.7 Å². The molecule has 1 aromatic carbocycles. The summed E-state index contributed by atoms with van der Waals surface area (Å²) in [7, 11) is 0. The van der Waals surface area contributed by atoms with Gasteiger partial charge < -0.3 is 10.3 Å². The number of carbonyl (C=O) groups is 1. The predicted molar refractivity (Wildman–Crippen MR) is 80.4 cm³/mol. The summed E-state index contributed by atoms with van der Waals surface area (Å²) in [6, 6.07) is 6.79. The zero-order valence-electron chi connectivity index (χ0n) is 11.0. The normalized spacial score (nSPS) is 16.9. The highest BCUT2D eigenvalue weighted by Gasteiger charge is 2.26. The largest absolute Gasteiger partial charge is 0.347 e. The Hall–Kier alpha value is -2.17. The molecular weight excluding hydrogens is 334 g/mol. The van der Waals surface area contributed by atoms with Crippen molar-refractivity contribution in [1.29, 1.82) is 5.26 Å². The monoisotopic (exact) mass is 345 g/mol. The average molecular weight is 346 g/mol. The van der Waals surface area contributed by atoms with E-state index >= 15 is 0 Å². The van der Waals surface area contributed by atoms with Crippen LogP contribution in [-0.2, 0) is 17.8 Å². The molecule has 6 nitrogen and oxygen atoms in total. The first-order valence-electron chi connectivity index (χ1n) is 6.42. The van der Waals surface area contributed by atoms with Crippen molar-refractivity contribution in [1.82, 2.24) is 15.3 Å². The second kappa shape index (κ2) is 5.68. The van der Waals surface area contributed by atoms with Crippen LogP contribution in [-0.4, -0.2) is 21.9 Å². The van der Waals surface area contributed by atoms with Gasteiger partial charge in [-0.25, -0.2) is 4.98 Å². The predicted octanol–water partition coefficient (Wildman–Crippen LogP) is 1.70. The van der Waals surface area contributed by atoms with E-state index < -0.39 is 0 Å². The van der Waals surface area contributed by atoms with Crippen LogP contribution in [0, 0.1) is 11.3 Å². The molecule has 0 aliphatic carbocycles. The molecule has 1 amide bonds. The summed E-state index contributed by atoms with van der Waals surface area (Å²) in [5, 5.41) is 14.9. The number of amides is 1. The van der Waals surface area contributed by atoms with Gasteiger partial charge in [-0.3, -0.25) is 10.1 Å². The van der Waals surface area contributed by atoms with Crippen LogP contribution in [0.4, 0.5) is 5.69 Å². The molecule has 0 radical (unpaired) electrons. The molecule has 1 aromatic heterocycles. The van der Waals surface area contributed by atoms with Crippen molar-refractivity contribution >= 4 is 27.5 Å². The number of rotatable bonds is 2. The first kappa shape index (κ1) is 13.8. The van der Waals surface area contributed by atoms with Crippen LogP contribution in [0.2, 0.25) is 0 Å². The molecule has 0 fully saturated rings. The first-order chi connectivity index (χ1) is 10.2. The number of imidazole rings is 1. The molecule has 1 atom stereocenters. The van der Waals surface area contributed by atoms with Crippen LogP contribution in [0.5, 0.6) is 0 Å². The number of nitriles is 1. The van der Waals surface area contributed by atoms with Gasteiger partial charge in [-0.05, 0) is 34.1 Å². The third-order valence-corrected chi connectivity index (χ3v) is 4.06. The van der Waals surface area contributed by atoms with Gasteiger partial charge in [-0.15, -0.1) is 0 Å². The highest BCUT2D eigenvalue weighted by atomic mass is 79.9. The highest BCUT2D eigenvalue weighted by molar-refractivity contribution is 9.10. The fourth-order valence-corrected chi connectivity index (χ4v) is 2.74. The van der Waals surface area contributed by atoms with Crippen molar-refractivity contribution in [2.75, 3.05) is 5.32 Å². The number of aromatic amines is 1. The van der Waals surface area contributed by atoms with Crippen LogP contribution in [0.3, 0.4) is 0 Å². The molecule has 21 heavy (non-hydrogen) atoms. The minimum absolute atomic E-state index is 0.117. The molecule has 1 aliphatic heterocycles. The quantitative estimate of drug-likeness (QED) is 0.772. The molecule has 1 unspecified atom stereocenters. The second-order valence-electron chi connectivity index (χ2n) is 4.76. The van der Waals surface area contributed by atoms with E-state index in [1.54, 1.807) is 24.5 Å². The number of nitrogens with one attached hydrogen (secondary N) is 3. The number of hydrogen-bond acceptors (Lipinski definition) is 4. The van der Waals surface area contributed by atoms with Crippen LogP contribution in [0.1, 0.15) is 17.0 Å². The Morgan fingerprint density at radius 1 is 1.52 bits per heavy atom. The molecule has 106 valence electrons. The van der Waals surface area contributed by atoms with Crippen molar-refractivity contribution in [2.24, 2.45) is 0 Å². The van der Waals surface area contributed by atoms with Gasteiger partial charge in [0.2, 0.25) is 5.91 Å². The van der Waals surface area contributed by atoms with Crippen molar-refractivity contribution in [3.63, 3.8) is 0 Å². The van der Waals surface area contributed by atoms with E-state index in [1.807, 2.05) is 0 Å². The Kier molecular flexibility index (Phi) is 3.73. The van der Waals surface area contributed by atoms with Gasteiger partial charge in [0, 0.05) is 17.4 Å². The average Bonchev–Trinajstić information content (AvgIpc) is 2.96. The lowest BCUT2D eigenvalue weighted by Crippen LogP contribution is -2.44. The summed E-state index contributed by atoms with van der Waals surface area (Å²) in [5.74, 6) is -0.117. The molecule has 7 heteroatoms. The Morgan fingerprint density at radius 3 is 3.14 bits per heavy atom. The number of carbonyl (C=O) groups excluding carboxylic acids is 1. The zero-order chi connectivity index (χ0) is 14.8. The van der Waals surface area contributed by atoms with Gasteiger partial charge >= 0.3 is 0 Å². The lowest BCUT2D eigenvalue weighted by Gasteiger charge is -2.22. The Balaban J connectivity index is 1.71. The summed E-state index contributed by atoms with van der Waals surface area (Å²) >= 11 is 3.36. The van der Waals surface area contributed by atoms with E-state index in [4.69, 9.17) is 5.26 Å². The lowest BCUT2D eigenvalue weighted by atomic mass is 10.0. The molecule has 0 saturated heterocycles. The number of nitrogens with zero attached hydrogens (tertiary/aromatic N) is 2. The lowest BCUT2D eigenvalue weighted by molar-refractivity contribution is -0.118. The standard InChI is InChI=1S/C14H12BrN5O/c15-9-3-8(5-16)1-2-10(9)20-14(21)12-4-11-13(6-17-12)19-7-18-11/h1-3,7,12,17H,4,6H2,(H,18,19)(H,20,21). The maximum absolute atomic E-state index is 12.3. The molecule has 0 bridgehead atoms. The molecule has 1 aliphatic rings. The van der Waals surface area contributed by atoms with Gasteiger partial charge in [-0.2, -0.15) is 5.26 Å². The number of hydrogen-bond donors (Lipinski definition) is 3. The van der Waals surface area contributed by atoms with Gasteiger partial charge in [0.05, 0.1) is 41.1 Å². The minimum atomic E-state index is -0.316. The maximum Gasteiger partial charge on any atom is 0.241 e. The molecule has 0 saturated carbocycles. The maximum atomic E-state index is 12.3. The molecule has 3 rings (SSSR count). The van der Waals surface area contributed by atoms with E-state index in [1.165, 1.54) is 0 Å². The number of anilines is 1. The van der Waals surface area contributed by atoms with Crippen LogP contribution in [0.15, 0.2) is 29.0 Å². The fourth-order valence-electron chi connectivity index (χ4n) is 2.26. The number of benzene rings is 1.